The lowest BCUT2D eigenvalue weighted by molar-refractivity contribution is 0.109. The van der Waals surface area contributed by atoms with E-state index in [2.05, 4.69) is 29.0 Å². The Bertz CT molecular complexity index is 129. The fourth-order valence-electron chi connectivity index (χ4n) is 1.77. The van der Waals surface area contributed by atoms with Gasteiger partial charge in [0.05, 0.1) is 0 Å². The summed E-state index contributed by atoms with van der Waals surface area (Å²) in [6, 6.07) is 0.714. The van der Waals surface area contributed by atoms with Gasteiger partial charge in [0, 0.05) is 45.3 Å². The van der Waals surface area contributed by atoms with Crippen LogP contribution in [0.25, 0.3) is 0 Å². The molecule has 1 rings (SSSR count). The lowest BCUT2D eigenvalue weighted by Crippen LogP contribution is -2.49. The highest BCUT2D eigenvalue weighted by Gasteiger charge is 2.17. The molecule has 92 valence electrons. The number of likely N-dealkylation sites (N-methyl/N-ethyl adjacent to an activating group) is 1. The van der Waals surface area contributed by atoms with Gasteiger partial charge in [0.25, 0.3) is 0 Å². The van der Waals surface area contributed by atoms with E-state index in [4.69, 9.17) is 0 Å². The maximum absolute atomic E-state index is 3.19. The Morgan fingerprint density at radius 2 is 1.60 bits per heavy atom. The lowest BCUT2D eigenvalue weighted by atomic mass is 10.2. The molecule has 0 aliphatic carbocycles. The van der Waals surface area contributed by atoms with Gasteiger partial charge in [-0.25, -0.2) is 0 Å². The summed E-state index contributed by atoms with van der Waals surface area (Å²) in [5, 5.41) is 3.19. The van der Waals surface area contributed by atoms with E-state index in [1.165, 1.54) is 32.7 Å². The number of nitrogens with zero attached hydrogens (tertiary/aromatic N) is 2. The number of piperazine rings is 1. The van der Waals surface area contributed by atoms with Gasteiger partial charge in [-0.05, 0) is 20.9 Å². The van der Waals surface area contributed by atoms with Gasteiger partial charge in [0.2, 0.25) is 0 Å². The zero-order valence-corrected chi connectivity index (χ0v) is 11.2. The Kier molecular flexibility index (Phi) is 9.06. The standard InChI is InChI=1S/C10H23N3.C2H6/c1-10(2)13-8-6-12(7-9-13)5-4-11-3;1-2/h10-11H,4-9H2,1-3H3;1-2H3. The first-order valence-electron chi connectivity index (χ1n) is 6.35. The van der Waals surface area contributed by atoms with E-state index in [-0.39, 0.29) is 0 Å². The number of hydrogen-bond donors (Lipinski definition) is 1. The Morgan fingerprint density at radius 1 is 1.07 bits per heavy atom. The van der Waals surface area contributed by atoms with E-state index in [9.17, 15) is 0 Å². The van der Waals surface area contributed by atoms with Gasteiger partial charge in [0.1, 0.15) is 0 Å². The first-order valence-corrected chi connectivity index (χ1v) is 6.35. The molecule has 0 radical (unpaired) electrons. The molecule has 0 aromatic rings. The van der Waals surface area contributed by atoms with E-state index < -0.39 is 0 Å². The van der Waals surface area contributed by atoms with Crippen molar-refractivity contribution < 1.29 is 0 Å². The summed E-state index contributed by atoms with van der Waals surface area (Å²) in [5.74, 6) is 0. The number of rotatable bonds is 4. The van der Waals surface area contributed by atoms with Crippen LogP contribution in [0.3, 0.4) is 0 Å². The second-order valence-electron chi connectivity index (χ2n) is 4.07. The SMILES string of the molecule is CC.CNCCN1CCN(C(C)C)CC1. The molecule has 0 unspecified atom stereocenters. The van der Waals surface area contributed by atoms with E-state index >= 15 is 0 Å². The van der Waals surface area contributed by atoms with Crippen LogP contribution in [0.15, 0.2) is 0 Å². The van der Waals surface area contributed by atoms with E-state index in [1.807, 2.05) is 20.9 Å². The molecule has 0 amide bonds. The van der Waals surface area contributed by atoms with Crippen molar-refractivity contribution in [2.24, 2.45) is 0 Å². The first-order chi connectivity index (χ1) is 7.24. The van der Waals surface area contributed by atoms with Gasteiger partial charge in [-0.15, -0.1) is 0 Å². The minimum absolute atomic E-state index is 0.714. The van der Waals surface area contributed by atoms with Crippen LogP contribution >= 0.6 is 0 Å². The molecule has 3 heteroatoms. The van der Waals surface area contributed by atoms with Gasteiger partial charge >= 0.3 is 0 Å². The summed E-state index contributed by atoms with van der Waals surface area (Å²) < 4.78 is 0. The molecule has 1 N–H and O–H groups in total. The van der Waals surface area contributed by atoms with Crippen LogP contribution in [0.1, 0.15) is 27.7 Å². The molecule has 1 aliphatic heterocycles. The average molecular weight is 215 g/mol. The monoisotopic (exact) mass is 215 g/mol. The predicted octanol–water partition coefficient (Wildman–Crippen LogP) is 1.26. The Morgan fingerprint density at radius 3 is 2.00 bits per heavy atom. The molecule has 3 nitrogen and oxygen atoms in total. The molecule has 0 saturated carbocycles. The van der Waals surface area contributed by atoms with Crippen molar-refractivity contribution in [1.29, 1.82) is 0 Å². The van der Waals surface area contributed by atoms with Crippen LogP contribution in [0.5, 0.6) is 0 Å². The Labute approximate surface area is 95.8 Å². The highest BCUT2D eigenvalue weighted by atomic mass is 15.3. The second-order valence-corrected chi connectivity index (χ2v) is 4.07. The van der Waals surface area contributed by atoms with Crippen LogP contribution in [0, 0.1) is 0 Å². The smallest absolute Gasteiger partial charge is 0.0113 e. The highest BCUT2D eigenvalue weighted by molar-refractivity contribution is 4.74. The summed E-state index contributed by atoms with van der Waals surface area (Å²) in [7, 11) is 2.02. The summed E-state index contributed by atoms with van der Waals surface area (Å²) in [5.41, 5.74) is 0. The highest BCUT2D eigenvalue weighted by Crippen LogP contribution is 2.04. The van der Waals surface area contributed by atoms with Crippen LogP contribution in [-0.4, -0.2) is 62.2 Å². The summed E-state index contributed by atoms with van der Waals surface area (Å²) in [6.07, 6.45) is 0. The largest absolute Gasteiger partial charge is 0.318 e. The van der Waals surface area contributed by atoms with Crippen molar-refractivity contribution in [3.05, 3.63) is 0 Å². The maximum Gasteiger partial charge on any atom is 0.0113 e. The second kappa shape index (κ2) is 9.13. The van der Waals surface area contributed by atoms with Crippen molar-refractivity contribution in [3.63, 3.8) is 0 Å². The first kappa shape index (κ1) is 14.9. The zero-order valence-electron chi connectivity index (χ0n) is 11.2. The van der Waals surface area contributed by atoms with Crippen molar-refractivity contribution in [2.45, 2.75) is 33.7 Å². The third-order valence-electron chi connectivity index (χ3n) is 2.82. The topological polar surface area (TPSA) is 18.5 Å². The summed E-state index contributed by atoms with van der Waals surface area (Å²) in [4.78, 5) is 5.09. The minimum atomic E-state index is 0.714. The number of nitrogens with one attached hydrogen (secondary N) is 1. The van der Waals surface area contributed by atoms with Crippen molar-refractivity contribution in [1.82, 2.24) is 15.1 Å². The van der Waals surface area contributed by atoms with Crippen molar-refractivity contribution >= 4 is 0 Å². The van der Waals surface area contributed by atoms with Crippen molar-refractivity contribution in [2.75, 3.05) is 46.3 Å². The number of hydrogen-bond acceptors (Lipinski definition) is 3. The Hall–Kier alpha value is -0.120. The molecule has 1 fully saturated rings. The van der Waals surface area contributed by atoms with Gasteiger partial charge in [0.15, 0.2) is 0 Å². The molecule has 1 saturated heterocycles. The maximum atomic E-state index is 3.19. The molecular weight excluding hydrogens is 186 g/mol. The Balaban J connectivity index is 0.000000921. The van der Waals surface area contributed by atoms with Gasteiger partial charge in [-0.2, -0.15) is 0 Å². The van der Waals surface area contributed by atoms with Gasteiger partial charge in [-0.3, -0.25) is 9.80 Å². The van der Waals surface area contributed by atoms with Crippen LogP contribution in [0.2, 0.25) is 0 Å². The minimum Gasteiger partial charge on any atom is -0.318 e. The predicted molar refractivity (Wildman–Crippen MR) is 68.4 cm³/mol. The molecule has 0 aromatic carbocycles. The van der Waals surface area contributed by atoms with Crippen molar-refractivity contribution in [3.8, 4) is 0 Å². The lowest BCUT2D eigenvalue weighted by Gasteiger charge is -2.36. The van der Waals surface area contributed by atoms with E-state index in [1.54, 1.807) is 0 Å². The zero-order chi connectivity index (χ0) is 11.7. The molecule has 1 aliphatic rings. The normalized spacial score (nSPS) is 18.8. The fraction of sp³-hybridized carbons (Fsp3) is 1.00. The third kappa shape index (κ3) is 6.13. The fourth-order valence-corrected chi connectivity index (χ4v) is 1.77. The van der Waals surface area contributed by atoms with E-state index in [0.717, 1.165) is 6.54 Å². The average Bonchev–Trinajstić information content (AvgIpc) is 2.29. The molecule has 0 aromatic heterocycles. The molecule has 0 atom stereocenters. The molecular formula is C12H29N3. The summed E-state index contributed by atoms with van der Waals surface area (Å²) in [6.45, 7) is 15.8. The molecule has 0 bridgehead atoms. The quantitative estimate of drug-likeness (QED) is 0.761. The van der Waals surface area contributed by atoms with Crippen LogP contribution < -0.4 is 5.32 Å². The molecule has 1 heterocycles. The van der Waals surface area contributed by atoms with Crippen LogP contribution in [0.4, 0.5) is 0 Å². The third-order valence-corrected chi connectivity index (χ3v) is 2.82. The molecule has 0 spiro atoms. The molecule has 15 heavy (non-hydrogen) atoms. The van der Waals surface area contributed by atoms with E-state index in [0.29, 0.717) is 6.04 Å². The van der Waals surface area contributed by atoms with Crippen LogP contribution in [-0.2, 0) is 0 Å². The summed E-state index contributed by atoms with van der Waals surface area (Å²) >= 11 is 0. The van der Waals surface area contributed by atoms with Gasteiger partial charge < -0.3 is 5.32 Å². The van der Waals surface area contributed by atoms with Gasteiger partial charge in [-0.1, -0.05) is 13.8 Å².